The molecule has 3 nitrogen and oxygen atoms in total. The predicted molar refractivity (Wildman–Crippen MR) is 57.7 cm³/mol. The van der Waals surface area contributed by atoms with Crippen LogP contribution in [0.2, 0.25) is 0 Å². The van der Waals surface area contributed by atoms with Crippen molar-refractivity contribution in [3.05, 3.63) is 48.2 Å². The fraction of sp³-hybridized carbons (Fsp3) is 0. The number of nitrogens with zero attached hydrogens (tertiary/aromatic N) is 2. The molecule has 0 N–H and O–H groups in total. The van der Waals surface area contributed by atoms with Gasteiger partial charge in [-0.25, -0.2) is 0 Å². The molecule has 0 atom stereocenters. The number of hydrogen-bond acceptors (Lipinski definition) is 3. The van der Waals surface area contributed by atoms with Crippen molar-refractivity contribution in [1.29, 1.82) is 0 Å². The summed E-state index contributed by atoms with van der Waals surface area (Å²) in [6, 6.07) is 10.6. The minimum absolute atomic E-state index is 0.458. The van der Waals surface area contributed by atoms with Crippen molar-refractivity contribution in [1.82, 2.24) is 10.2 Å². The number of benzene rings is 1. The smallest absolute Gasteiger partial charge is 0.252 e. The molecule has 0 saturated carbocycles. The van der Waals surface area contributed by atoms with E-state index in [1.807, 2.05) is 12.1 Å². The maximum atomic E-state index is 10.8. The second-order valence-electron chi connectivity index (χ2n) is 2.96. The zero-order valence-electron chi connectivity index (χ0n) is 7.72. The van der Waals surface area contributed by atoms with Crippen molar-refractivity contribution in [2.75, 3.05) is 0 Å². The third kappa shape index (κ3) is 2.19. The Balaban J connectivity index is 2.36. The molecule has 15 heavy (non-hydrogen) atoms. The van der Waals surface area contributed by atoms with Crippen LogP contribution in [0.5, 0.6) is 0 Å². The van der Waals surface area contributed by atoms with E-state index in [0.717, 1.165) is 11.3 Å². The molecule has 0 radical (unpaired) electrons. The minimum Gasteiger partial charge on any atom is -0.276 e. The average Bonchev–Trinajstić information content (AvgIpc) is 2.30. The van der Waals surface area contributed by atoms with Crippen LogP contribution in [0.15, 0.2) is 42.6 Å². The summed E-state index contributed by atoms with van der Waals surface area (Å²) in [6.07, 6.45) is 1.61. The number of aromatic nitrogens is 2. The molecule has 2 aromatic rings. The molecule has 1 aromatic heterocycles. The van der Waals surface area contributed by atoms with Crippen molar-refractivity contribution in [3.8, 4) is 11.3 Å². The number of halogens is 1. The maximum Gasteiger partial charge on any atom is 0.252 e. The van der Waals surface area contributed by atoms with Crippen LogP contribution in [0.3, 0.4) is 0 Å². The van der Waals surface area contributed by atoms with Crippen LogP contribution in [0.4, 0.5) is 0 Å². The Morgan fingerprint density at radius 1 is 1.13 bits per heavy atom. The molecular formula is C11H7ClN2O. The van der Waals surface area contributed by atoms with Crippen LogP contribution >= 0.6 is 11.6 Å². The van der Waals surface area contributed by atoms with Gasteiger partial charge in [-0.2, -0.15) is 10.2 Å². The Bertz CT molecular complexity index is 468. The highest BCUT2D eigenvalue weighted by atomic mass is 35.5. The lowest BCUT2D eigenvalue weighted by molar-refractivity contribution is 0.108. The Hall–Kier alpha value is -1.74. The van der Waals surface area contributed by atoms with Crippen LogP contribution in [-0.4, -0.2) is 15.4 Å². The highest BCUT2D eigenvalue weighted by Crippen LogP contribution is 2.16. The van der Waals surface area contributed by atoms with Gasteiger partial charge in [0, 0.05) is 17.3 Å². The monoisotopic (exact) mass is 218 g/mol. The standard InChI is InChI=1S/C11H7ClN2O/c12-11(15)9-5-3-8(4-6-9)10-2-1-7-13-14-10/h1-7H. The molecule has 0 aliphatic carbocycles. The van der Waals surface area contributed by atoms with Crippen molar-refractivity contribution in [2.45, 2.75) is 0 Å². The van der Waals surface area contributed by atoms with E-state index in [9.17, 15) is 4.79 Å². The molecule has 0 amide bonds. The first kappa shape index (κ1) is 9.80. The van der Waals surface area contributed by atoms with Crippen LogP contribution in [0.1, 0.15) is 10.4 Å². The molecule has 0 spiro atoms. The fourth-order valence-electron chi connectivity index (χ4n) is 1.23. The Morgan fingerprint density at radius 2 is 1.87 bits per heavy atom. The van der Waals surface area contributed by atoms with Gasteiger partial charge in [0.2, 0.25) is 0 Å². The number of hydrogen-bond donors (Lipinski definition) is 0. The first-order valence-corrected chi connectivity index (χ1v) is 4.73. The van der Waals surface area contributed by atoms with Crippen molar-refractivity contribution < 1.29 is 4.79 Å². The van der Waals surface area contributed by atoms with Crippen molar-refractivity contribution in [2.24, 2.45) is 0 Å². The van der Waals surface area contributed by atoms with Gasteiger partial charge in [-0.15, -0.1) is 0 Å². The van der Waals surface area contributed by atoms with Gasteiger partial charge >= 0.3 is 0 Å². The summed E-state index contributed by atoms with van der Waals surface area (Å²) in [5, 5.41) is 7.27. The highest BCUT2D eigenvalue weighted by Gasteiger charge is 2.02. The largest absolute Gasteiger partial charge is 0.276 e. The van der Waals surface area contributed by atoms with Gasteiger partial charge in [0.05, 0.1) is 5.69 Å². The molecule has 0 unspecified atom stereocenters. The Morgan fingerprint density at radius 3 is 2.40 bits per heavy atom. The zero-order chi connectivity index (χ0) is 10.7. The van der Waals surface area contributed by atoms with E-state index in [2.05, 4.69) is 10.2 Å². The van der Waals surface area contributed by atoms with E-state index in [4.69, 9.17) is 11.6 Å². The van der Waals surface area contributed by atoms with Crippen LogP contribution in [-0.2, 0) is 0 Å². The minimum atomic E-state index is -0.458. The lowest BCUT2D eigenvalue weighted by Crippen LogP contribution is -1.89. The topological polar surface area (TPSA) is 42.9 Å². The molecule has 0 bridgehead atoms. The number of carbonyl (C=O) groups is 1. The van der Waals surface area contributed by atoms with E-state index >= 15 is 0 Å². The van der Waals surface area contributed by atoms with Crippen molar-refractivity contribution in [3.63, 3.8) is 0 Å². The summed E-state index contributed by atoms with van der Waals surface area (Å²) >= 11 is 5.33. The van der Waals surface area contributed by atoms with E-state index in [-0.39, 0.29) is 0 Å². The van der Waals surface area contributed by atoms with Gasteiger partial charge in [-0.05, 0) is 35.9 Å². The van der Waals surface area contributed by atoms with Crippen LogP contribution in [0, 0.1) is 0 Å². The number of carbonyl (C=O) groups excluding carboxylic acids is 1. The van der Waals surface area contributed by atoms with Crippen molar-refractivity contribution >= 4 is 16.8 Å². The molecule has 0 aliphatic rings. The van der Waals surface area contributed by atoms with E-state index in [1.165, 1.54) is 0 Å². The highest BCUT2D eigenvalue weighted by molar-refractivity contribution is 6.67. The lowest BCUT2D eigenvalue weighted by atomic mass is 10.1. The summed E-state index contributed by atoms with van der Waals surface area (Å²) in [4.78, 5) is 10.8. The van der Waals surface area contributed by atoms with Gasteiger partial charge in [0.25, 0.3) is 5.24 Å². The van der Waals surface area contributed by atoms with E-state index < -0.39 is 5.24 Å². The van der Waals surface area contributed by atoms with Gasteiger partial charge in [0.15, 0.2) is 0 Å². The first-order valence-electron chi connectivity index (χ1n) is 4.35. The Kier molecular flexibility index (Phi) is 2.74. The van der Waals surface area contributed by atoms with E-state index in [0.29, 0.717) is 5.56 Å². The lowest BCUT2D eigenvalue weighted by Gasteiger charge is -1.99. The molecule has 1 heterocycles. The van der Waals surface area contributed by atoms with Gasteiger partial charge in [0.1, 0.15) is 0 Å². The molecule has 0 aliphatic heterocycles. The quantitative estimate of drug-likeness (QED) is 0.728. The second-order valence-corrected chi connectivity index (χ2v) is 3.30. The molecule has 1 aromatic carbocycles. The molecule has 0 fully saturated rings. The third-order valence-corrected chi connectivity index (χ3v) is 2.20. The zero-order valence-corrected chi connectivity index (χ0v) is 8.48. The average molecular weight is 219 g/mol. The van der Waals surface area contributed by atoms with Gasteiger partial charge < -0.3 is 0 Å². The first-order chi connectivity index (χ1) is 7.27. The summed E-state index contributed by atoms with van der Waals surface area (Å²) in [6.45, 7) is 0. The molecule has 2 rings (SSSR count). The predicted octanol–water partition coefficient (Wildman–Crippen LogP) is 2.52. The molecule has 4 heteroatoms. The SMILES string of the molecule is O=C(Cl)c1ccc(-c2cccnn2)cc1. The normalized spacial score (nSPS) is 9.93. The number of rotatable bonds is 2. The maximum absolute atomic E-state index is 10.8. The molecule has 74 valence electrons. The van der Waals surface area contributed by atoms with Gasteiger partial charge in [-0.3, -0.25) is 4.79 Å². The van der Waals surface area contributed by atoms with Crippen LogP contribution < -0.4 is 0 Å². The van der Waals surface area contributed by atoms with E-state index in [1.54, 1.807) is 30.5 Å². The second kappa shape index (κ2) is 4.19. The summed E-state index contributed by atoms with van der Waals surface area (Å²) < 4.78 is 0. The Labute approximate surface area is 91.7 Å². The third-order valence-electron chi connectivity index (χ3n) is 1.98. The fourth-order valence-corrected chi connectivity index (χ4v) is 1.35. The summed E-state index contributed by atoms with van der Waals surface area (Å²) in [5.41, 5.74) is 2.15. The summed E-state index contributed by atoms with van der Waals surface area (Å²) in [5.74, 6) is 0. The summed E-state index contributed by atoms with van der Waals surface area (Å²) in [7, 11) is 0. The molecular weight excluding hydrogens is 212 g/mol. The van der Waals surface area contributed by atoms with Crippen LogP contribution in [0.25, 0.3) is 11.3 Å². The van der Waals surface area contributed by atoms with Gasteiger partial charge in [-0.1, -0.05) is 12.1 Å². The molecule has 0 saturated heterocycles.